The number of amides is 1. The van der Waals surface area contributed by atoms with E-state index in [9.17, 15) is 4.79 Å². The SMILES string of the molecule is CN(c1cccnn1)C1CCN(C(=O)c2csc(C3CC3)n2)CC1. The normalized spacial score (nSPS) is 18.6. The number of nitrogens with zero attached hydrogens (tertiary/aromatic N) is 5. The molecule has 3 heterocycles. The third-order valence-electron chi connectivity index (χ3n) is 4.89. The minimum atomic E-state index is 0.0822. The van der Waals surface area contributed by atoms with E-state index in [4.69, 9.17) is 0 Å². The second kappa shape index (κ2) is 6.47. The number of piperidine rings is 1. The molecule has 7 heteroatoms. The molecule has 0 unspecified atom stereocenters. The van der Waals surface area contributed by atoms with Crippen molar-refractivity contribution < 1.29 is 4.79 Å². The zero-order valence-electron chi connectivity index (χ0n) is 13.8. The summed E-state index contributed by atoms with van der Waals surface area (Å²) in [6, 6.07) is 4.26. The van der Waals surface area contributed by atoms with E-state index in [1.807, 2.05) is 22.4 Å². The van der Waals surface area contributed by atoms with Crippen molar-refractivity contribution in [1.82, 2.24) is 20.1 Å². The minimum Gasteiger partial charge on any atom is -0.355 e. The van der Waals surface area contributed by atoms with Gasteiger partial charge in [-0.1, -0.05) is 0 Å². The molecule has 1 saturated heterocycles. The van der Waals surface area contributed by atoms with Crippen LogP contribution in [-0.4, -0.2) is 52.2 Å². The molecular weight excluding hydrogens is 322 g/mol. The van der Waals surface area contributed by atoms with E-state index >= 15 is 0 Å². The van der Waals surface area contributed by atoms with Gasteiger partial charge in [-0.15, -0.1) is 16.4 Å². The molecule has 1 amide bonds. The van der Waals surface area contributed by atoms with Crippen LogP contribution in [0.15, 0.2) is 23.7 Å². The summed E-state index contributed by atoms with van der Waals surface area (Å²) in [6.07, 6.45) is 6.02. The predicted molar refractivity (Wildman–Crippen MR) is 93.4 cm³/mol. The van der Waals surface area contributed by atoms with Gasteiger partial charge in [0, 0.05) is 43.7 Å². The smallest absolute Gasteiger partial charge is 0.273 e. The van der Waals surface area contributed by atoms with Crippen LogP contribution in [0.2, 0.25) is 0 Å². The molecule has 1 saturated carbocycles. The Hall–Kier alpha value is -2.02. The number of carbonyl (C=O) groups is 1. The summed E-state index contributed by atoms with van der Waals surface area (Å²) in [5.41, 5.74) is 0.627. The lowest BCUT2D eigenvalue weighted by atomic mass is 10.0. The summed E-state index contributed by atoms with van der Waals surface area (Å²) in [5.74, 6) is 1.58. The minimum absolute atomic E-state index is 0.0822. The molecule has 24 heavy (non-hydrogen) atoms. The van der Waals surface area contributed by atoms with E-state index in [0.29, 0.717) is 17.7 Å². The second-order valence-corrected chi connectivity index (χ2v) is 7.45. The van der Waals surface area contributed by atoms with Crippen LogP contribution in [0, 0.1) is 0 Å². The number of thiazole rings is 1. The molecule has 0 atom stereocenters. The van der Waals surface area contributed by atoms with Crippen molar-refractivity contribution in [3.63, 3.8) is 0 Å². The first kappa shape index (κ1) is 15.5. The van der Waals surface area contributed by atoms with Crippen molar-refractivity contribution >= 4 is 23.1 Å². The van der Waals surface area contributed by atoms with Gasteiger partial charge in [-0.2, -0.15) is 5.10 Å². The molecule has 0 N–H and O–H groups in total. The largest absolute Gasteiger partial charge is 0.355 e. The third-order valence-corrected chi connectivity index (χ3v) is 5.89. The Morgan fingerprint density at radius 3 is 2.75 bits per heavy atom. The number of carbonyl (C=O) groups excluding carboxylic acids is 1. The lowest BCUT2D eigenvalue weighted by Crippen LogP contribution is -2.46. The van der Waals surface area contributed by atoms with Crippen molar-refractivity contribution in [2.45, 2.75) is 37.6 Å². The van der Waals surface area contributed by atoms with Crippen LogP contribution in [-0.2, 0) is 0 Å². The standard InChI is InChI=1S/C17H21N5OS/c1-21(15-3-2-8-18-20-15)13-6-9-22(10-7-13)17(23)14-11-24-16(19-14)12-4-5-12/h2-3,8,11-13H,4-7,9-10H2,1H3. The molecule has 2 aliphatic rings. The van der Waals surface area contributed by atoms with Crippen LogP contribution in [0.3, 0.4) is 0 Å². The van der Waals surface area contributed by atoms with E-state index in [0.717, 1.165) is 36.8 Å². The van der Waals surface area contributed by atoms with Crippen molar-refractivity contribution in [2.24, 2.45) is 0 Å². The summed E-state index contributed by atoms with van der Waals surface area (Å²) in [5, 5.41) is 11.2. The second-order valence-electron chi connectivity index (χ2n) is 6.56. The molecule has 2 aromatic rings. The maximum absolute atomic E-state index is 12.6. The van der Waals surface area contributed by atoms with Crippen LogP contribution in [0.1, 0.15) is 47.1 Å². The summed E-state index contributed by atoms with van der Waals surface area (Å²) in [7, 11) is 2.05. The van der Waals surface area contributed by atoms with Gasteiger partial charge in [-0.25, -0.2) is 4.98 Å². The molecule has 126 valence electrons. The van der Waals surface area contributed by atoms with Crippen LogP contribution in [0.4, 0.5) is 5.82 Å². The first-order valence-electron chi connectivity index (χ1n) is 8.47. The van der Waals surface area contributed by atoms with Crippen molar-refractivity contribution in [2.75, 3.05) is 25.0 Å². The van der Waals surface area contributed by atoms with Crippen molar-refractivity contribution in [1.29, 1.82) is 0 Å². The molecule has 1 aliphatic carbocycles. The Labute approximate surface area is 145 Å². The van der Waals surface area contributed by atoms with Gasteiger partial charge in [0.15, 0.2) is 5.82 Å². The summed E-state index contributed by atoms with van der Waals surface area (Å²) < 4.78 is 0. The molecule has 0 bridgehead atoms. The maximum atomic E-state index is 12.6. The van der Waals surface area contributed by atoms with E-state index < -0.39 is 0 Å². The van der Waals surface area contributed by atoms with Crippen LogP contribution in [0.25, 0.3) is 0 Å². The predicted octanol–water partition coefficient (Wildman–Crippen LogP) is 2.55. The Morgan fingerprint density at radius 2 is 2.08 bits per heavy atom. The number of anilines is 1. The Morgan fingerprint density at radius 1 is 1.29 bits per heavy atom. The molecule has 2 fully saturated rings. The molecule has 0 aromatic carbocycles. The molecule has 2 aromatic heterocycles. The number of hydrogen-bond acceptors (Lipinski definition) is 6. The van der Waals surface area contributed by atoms with Gasteiger partial charge in [0.2, 0.25) is 0 Å². The number of aromatic nitrogens is 3. The Kier molecular flexibility index (Phi) is 4.18. The highest BCUT2D eigenvalue weighted by molar-refractivity contribution is 7.10. The van der Waals surface area contributed by atoms with Gasteiger partial charge < -0.3 is 9.80 Å². The van der Waals surface area contributed by atoms with Crippen LogP contribution < -0.4 is 4.90 Å². The first-order valence-corrected chi connectivity index (χ1v) is 9.35. The Balaban J connectivity index is 1.36. The number of rotatable bonds is 4. The maximum Gasteiger partial charge on any atom is 0.273 e. The first-order chi connectivity index (χ1) is 11.7. The highest BCUT2D eigenvalue weighted by Gasteiger charge is 2.30. The van der Waals surface area contributed by atoms with Gasteiger partial charge in [-0.3, -0.25) is 4.79 Å². The quantitative estimate of drug-likeness (QED) is 0.854. The monoisotopic (exact) mass is 343 g/mol. The molecular formula is C17H21N5OS. The zero-order chi connectivity index (χ0) is 16.5. The molecule has 6 nitrogen and oxygen atoms in total. The zero-order valence-corrected chi connectivity index (χ0v) is 14.6. The summed E-state index contributed by atoms with van der Waals surface area (Å²) >= 11 is 1.63. The van der Waals surface area contributed by atoms with E-state index in [2.05, 4.69) is 27.1 Å². The Bertz CT molecular complexity index is 707. The topological polar surface area (TPSA) is 62.2 Å². The van der Waals surface area contributed by atoms with E-state index in [1.54, 1.807) is 17.5 Å². The van der Waals surface area contributed by atoms with E-state index in [-0.39, 0.29) is 5.91 Å². The van der Waals surface area contributed by atoms with Gasteiger partial charge in [-0.05, 0) is 37.8 Å². The molecule has 0 spiro atoms. The highest BCUT2D eigenvalue weighted by atomic mass is 32.1. The summed E-state index contributed by atoms with van der Waals surface area (Å²) in [6.45, 7) is 1.54. The van der Waals surface area contributed by atoms with Gasteiger partial charge >= 0.3 is 0 Å². The fraction of sp³-hybridized carbons (Fsp3) is 0.529. The van der Waals surface area contributed by atoms with Gasteiger partial charge in [0.25, 0.3) is 5.91 Å². The van der Waals surface area contributed by atoms with E-state index in [1.165, 1.54) is 12.8 Å². The fourth-order valence-electron chi connectivity index (χ4n) is 3.19. The number of likely N-dealkylation sites (tertiary alicyclic amines) is 1. The van der Waals surface area contributed by atoms with Gasteiger partial charge in [0.05, 0.1) is 5.01 Å². The highest BCUT2D eigenvalue weighted by Crippen LogP contribution is 2.41. The third kappa shape index (κ3) is 3.13. The number of hydrogen-bond donors (Lipinski definition) is 0. The summed E-state index contributed by atoms with van der Waals surface area (Å²) in [4.78, 5) is 21.3. The average Bonchev–Trinajstić information content (AvgIpc) is 3.38. The fourth-order valence-corrected chi connectivity index (χ4v) is 4.16. The van der Waals surface area contributed by atoms with Crippen LogP contribution in [0.5, 0.6) is 0 Å². The van der Waals surface area contributed by atoms with Gasteiger partial charge in [0.1, 0.15) is 5.69 Å². The average molecular weight is 343 g/mol. The van der Waals surface area contributed by atoms with Crippen molar-refractivity contribution in [3.05, 3.63) is 34.4 Å². The van der Waals surface area contributed by atoms with Crippen LogP contribution >= 0.6 is 11.3 Å². The molecule has 1 aliphatic heterocycles. The lowest BCUT2D eigenvalue weighted by Gasteiger charge is -2.36. The van der Waals surface area contributed by atoms with Crippen molar-refractivity contribution in [3.8, 4) is 0 Å². The molecule has 4 rings (SSSR count). The molecule has 0 radical (unpaired) electrons. The lowest BCUT2D eigenvalue weighted by molar-refractivity contribution is 0.0708.